The molecule has 1 fully saturated rings. The van der Waals surface area contributed by atoms with Gasteiger partial charge in [-0.05, 0) is 58.2 Å². The number of pyridine rings is 1. The number of halogens is 1. The van der Waals surface area contributed by atoms with Crippen LogP contribution in [0.1, 0.15) is 12.0 Å². The first-order chi connectivity index (χ1) is 12.0. The van der Waals surface area contributed by atoms with Crippen molar-refractivity contribution in [1.82, 2.24) is 9.29 Å². The summed E-state index contributed by atoms with van der Waals surface area (Å²) in [6, 6.07) is 8.73. The van der Waals surface area contributed by atoms with Gasteiger partial charge in [-0.2, -0.15) is 4.31 Å². The van der Waals surface area contributed by atoms with Gasteiger partial charge in [-0.1, -0.05) is 0 Å². The highest BCUT2D eigenvalue weighted by Crippen LogP contribution is 2.31. The molecule has 2 aliphatic heterocycles. The molecule has 1 aromatic heterocycles. The summed E-state index contributed by atoms with van der Waals surface area (Å²) in [6.07, 6.45) is 2.82. The Hall–Kier alpha value is -1.64. The molecule has 0 bridgehead atoms. The molecule has 3 heterocycles. The third kappa shape index (κ3) is 3.26. The molecule has 1 saturated heterocycles. The van der Waals surface area contributed by atoms with Gasteiger partial charge in [-0.25, -0.2) is 13.4 Å². The number of nitrogens with zero attached hydrogens (tertiary/aromatic N) is 2. The molecule has 8 heteroatoms. The summed E-state index contributed by atoms with van der Waals surface area (Å²) in [5.41, 5.74) is 0.950. The molecule has 1 aromatic carbocycles. The minimum atomic E-state index is -3.53. The maximum Gasteiger partial charge on any atom is 0.243 e. The van der Waals surface area contributed by atoms with Gasteiger partial charge in [0.05, 0.1) is 22.5 Å². The SMILES string of the molecule is O=S(=O)(c1ccc2c(c1)CCO2)N1CCC(Oc2ncccc2Br)C1. The highest BCUT2D eigenvalue weighted by atomic mass is 79.9. The number of aromatic nitrogens is 1. The van der Waals surface area contributed by atoms with Crippen molar-refractivity contribution in [3.8, 4) is 11.6 Å². The van der Waals surface area contributed by atoms with Gasteiger partial charge in [0.15, 0.2) is 0 Å². The summed E-state index contributed by atoms with van der Waals surface area (Å²) >= 11 is 3.39. The zero-order chi connectivity index (χ0) is 17.4. The summed E-state index contributed by atoms with van der Waals surface area (Å²) in [4.78, 5) is 4.49. The highest BCUT2D eigenvalue weighted by molar-refractivity contribution is 9.10. The first-order valence-electron chi connectivity index (χ1n) is 8.07. The van der Waals surface area contributed by atoms with Crippen molar-refractivity contribution in [3.63, 3.8) is 0 Å². The zero-order valence-electron chi connectivity index (χ0n) is 13.4. The molecule has 0 saturated carbocycles. The third-order valence-corrected chi connectivity index (χ3v) is 6.87. The normalized spacial score (nSPS) is 20.3. The molecule has 0 radical (unpaired) electrons. The number of hydrogen-bond acceptors (Lipinski definition) is 5. The molecule has 0 spiro atoms. The van der Waals surface area contributed by atoms with E-state index in [1.807, 2.05) is 6.07 Å². The molecule has 0 aliphatic carbocycles. The van der Waals surface area contributed by atoms with Crippen LogP contribution in [-0.4, -0.2) is 43.5 Å². The van der Waals surface area contributed by atoms with Crippen LogP contribution >= 0.6 is 15.9 Å². The summed E-state index contributed by atoms with van der Waals surface area (Å²) < 4.78 is 39.3. The smallest absolute Gasteiger partial charge is 0.243 e. The van der Waals surface area contributed by atoms with Gasteiger partial charge < -0.3 is 9.47 Å². The van der Waals surface area contributed by atoms with Crippen LogP contribution in [0.5, 0.6) is 11.6 Å². The van der Waals surface area contributed by atoms with E-state index in [0.717, 1.165) is 22.2 Å². The molecule has 6 nitrogen and oxygen atoms in total. The number of benzene rings is 1. The van der Waals surface area contributed by atoms with Crippen LogP contribution in [0.3, 0.4) is 0 Å². The number of sulfonamides is 1. The maximum absolute atomic E-state index is 12.9. The Kier molecular flexibility index (Phi) is 4.43. The van der Waals surface area contributed by atoms with E-state index in [1.165, 1.54) is 4.31 Å². The standard InChI is InChI=1S/C17H17BrN2O4S/c18-15-2-1-7-19-17(15)24-13-5-8-20(11-13)25(21,22)14-3-4-16-12(10-14)6-9-23-16/h1-4,7,10,13H,5-6,8-9,11H2. The lowest BCUT2D eigenvalue weighted by Gasteiger charge is -2.17. The second-order valence-electron chi connectivity index (χ2n) is 6.05. The van der Waals surface area contributed by atoms with Crippen LogP contribution in [-0.2, 0) is 16.4 Å². The molecule has 1 unspecified atom stereocenters. The maximum atomic E-state index is 12.9. The van der Waals surface area contributed by atoms with Crippen LogP contribution in [0.15, 0.2) is 45.9 Å². The van der Waals surface area contributed by atoms with E-state index in [4.69, 9.17) is 9.47 Å². The van der Waals surface area contributed by atoms with Crippen LogP contribution < -0.4 is 9.47 Å². The second-order valence-corrected chi connectivity index (χ2v) is 8.84. The van der Waals surface area contributed by atoms with Crippen molar-refractivity contribution in [2.75, 3.05) is 19.7 Å². The van der Waals surface area contributed by atoms with E-state index in [2.05, 4.69) is 20.9 Å². The number of rotatable bonds is 4. The van der Waals surface area contributed by atoms with E-state index in [1.54, 1.807) is 30.5 Å². The van der Waals surface area contributed by atoms with Gasteiger partial charge in [0.2, 0.25) is 15.9 Å². The first kappa shape index (κ1) is 16.8. The molecule has 2 aliphatic rings. The van der Waals surface area contributed by atoms with E-state index >= 15 is 0 Å². The predicted molar refractivity (Wildman–Crippen MR) is 95.4 cm³/mol. The van der Waals surface area contributed by atoms with Crippen molar-refractivity contribution in [2.24, 2.45) is 0 Å². The third-order valence-electron chi connectivity index (χ3n) is 4.41. The van der Waals surface area contributed by atoms with Crippen molar-refractivity contribution in [2.45, 2.75) is 23.8 Å². The van der Waals surface area contributed by atoms with Crippen LogP contribution in [0, 0.1) is 0 Å². The molecule has 0 amide bonds. The Labute approximate surface area is 155 Å². The van der Waals surface area contributed by atoms with Gasteiger partial charge in [-0.3, -0.25) is 0 Å². The van der Waals surface area contributed by atoms with Gasteiger partial charge in [0, 0.05) is 19.2 Å². The summed E-state index contributed by atoms with van der Waals surface area (Å²) in [5, 5.41) is 0. The van der Waals surface area contributed by atoms with E-state index in [-0.39, 0.29) is 6.10 Å². The summed E-state index contributed by atoms with van der Waals surface area (Å²) in [5.74, 6) is 1.27. The Morgan fingerprint density at radius 1 is 1.32 bits per heavy atom. The average molecular weight is 425 g/mol. The fourth-order valence-corrected chi connectivity index (χ4v) is 4.99. The number of hydrogen-bond donors (Lipinski definition) is 0. The Morgan fingerprint density at radius 3 is 3.04 bits per heavy atom. The van der Waals surface area contributed by atoms with Crippen LogP contribution in [0.4, 0.5) is 0 Å². The predicted octanol–water partition coefficient (Wildman–Crippen LogP) is 2.62. The molecule has 2 aromatic rings. The minimum absolute atomic E-state index is 0.210. The Balaban J connectivity index is 1.50. The Bertz CT molecular complexity index is 903. The molecule has 0 N–H and O–H groups in total. The zero-order valence-corrected chi connectivity index (χ0v) is 15.8. The van der Waals surface area contributed by atoms with E-state index < -0.39 is 10.0 Å². The minimum Gasteiger partial charge on any atom is -0.493 e. The lowest BCUT2D eigenvalue weighted by atomic mass is 10.2. The molecule has 4 rings (SSSR count). The van der Waals surface area contributed by atoms with Crippen molar-refractivity contribution >= 4 is 26.0 Å². The monoisotopic (exact) mass is 424 g/mol. The largest absolute Gasteiger partial charge is 0.493 e. The Morgan fingerprint density at radius 2 is 2.20 bits per heavy atom. The van der Waals surface area contributed by atoms with Crippen LogP contribution in [0.25, 0.3) is 0 Å². The molecule has 1 atom stereocenters. The summed E-state index contributed by atoms with van der Waals surface area (Å²) in [6.45, 7) is 1.36. The topological polar surface area (TPSA) is 68.7 Å². The second kappa shape index (κ2) is 6.59. The lowest BCUT2D eigenvalue weighted by molar-refractivity contribution is 0.205. The molecular weight excluding hydrogens is 408 g/mol. The number of ether oxygens (including phenoxy) is 2. The number of fused-ring (bicyclic) bond motifs is 1. The molecule has 25 heavy (non-hydrogen) atoms. The quantitative estimate of drug-likeness (QED) is 0.754. The lowest BCUT2D eigenvalue weighted by Crippen LogP contribution is -2.31. The summed E-state index contributed by atoms with van der Waals surface area (Å²) in [7, 11) is -3.53. The van der Waals surface area contributed by atoms with Crippen LogP contribution in [0.2, 0.25) is 0 Å². The fraction of sp³-hybridized carbons (Fsp3) is 0.353. The highest BCUT2D eigenvalue weighted by Gasteiger charge is 2.34. The van der Waals surface area contributed by atoms with Gasteiger partial charge in [0.1, 0.15) is 11.9 Å². The van der Waals surface area contributed by atoms with E-state index in [9.17, 15) is 8.42 Å². The van der Waals surface area contributed by atoms with Gasteiger partial charge in [0.25, 0.3) is 0 Å². The van der Waals surface area contributed by atoms with Crippen molar-refractivity contribution < 1.29 is 17.9 Å². The van der Waals surface area contributed by atoms with E-state index in [0.29, 0.717) is 36.9 Å². The van der Waals surface area contributed by atoms with Crippen molar-refractivity contribution in [1.29, 1.82) is 0 Å². The molecular formula is C17H17BrN2O4S. The molecule has 132 valence electrons. The van der Waals surface area contributed by atoms with Crippen molar-refractivity contribution in [3.05, 3.63) is 46.6 Å². The fourth-order valence-electron chi connectivity index (χ4n) is 3.10. The van der Waals surface area contributed by atoms with Gasteiger partial charge >= 0.3 is 0 Å². The first-order valence-corrected chi connectivity index (χ1v) is 10.3. The van der Waals surface area contributed by atoms with Gasteiger partial charge in [-0.15, -0.1) is 0 Å². The average Bonchev–Trinajstić information content (AvgIpc) is 3.25.